The van der Waals surface area contributed by atoms with Crippen LogP contribution in [0.25, 0.3) is 27.8 Å². The summed E-state index contributed by atoms with van der Waals surface area (Å²) in [6.45, 7) is 2.74. The molecule has 0 saturated carbocycles. The molecule has 1 amide bonds. The van der Waals surface area contributed by atoms with Crippen molar-refractivity contribution >= 4 is 34.1 Å². The molecule has 0 unspecified atom stereocenters. The molecular formula is C28H25N5O2S. The lowest BCUT2D eigenvalue weighted by atomic mass is 10.1. The molecule has 8 heteroatoms. The smallest absolute Gasteiger partial charge is 0.264 e. The molecule has 1 fully saturated rings. The second-order valence-corrected chi connectivity index (χ2v) is 9.58. The number of rotatable bonds is 5. The first-order chi connectivity index (χ1) is 17.7. The minimum Gasteiger partial charge on any atom is -0.497 e. The molecule has 1 aliphatic rings. The number of amides is 1. The fourth-order valence-electron chi connectivity index (χ4n) is 4.74. The third-order valence-corrected chi connectivity index (χ3v) is 7.45. The predicted octanol–water partition coefficient (Wildman–Crippen LogP) is 5.12. The van der Waals surface area contributed by atoms with Gasteiger partial charge in [0, 0.05) is 43.6 Å². The fourth-order valence-corrected chi connectivity index (χ4v) is 5.43. The first kappa shape index (κ1) is 22.3. The van der Waals surface area contributed by atoms with E-state index in [1.165, 1.54) is 11.3 Å². The Morgan fingerprint density at radius 1 is 0.917 bits per heavy atom. The topological polar surface area (TPSA) is 63.5 Å². The highest BCUT2D eigenvalue weighted by atomic mass is 32.1. The van der Waals surface area contributed by atoms with Gasteiger partial charge in [0.25, 0.3) is 5.91 Å². The Balaban J connectivity index is 1.40. The van der Waals surface area contributed by atoms with Gasteiger partial charge in [0.2, 0.25) is 0 Å². The minimum atomic E-state index is 0.105. The number of hydrogen-bond acceptors (Lipinski definition) is 6. The maximum atomic E-state index is 12.8. The Hall–Kier alpha value is -4.17. The molecular weight excluding hydrogens is 470 g/mol. The van der Waals surface area contributed by atoms with E-state index in [0.717, 1.165) is 44.3 Å². The van der Waals surface area contributed by atoms with Gasteiger partial charge < -0.3 is 19.1 Å². The summed E-state index contributed by atoms with van der Waals surface area (Å²) >= 11 is 1.49. The fraction of sp³-hybridized carbons (Fsp3) is 0.179. The van der Waals surface area contributed by atoms with Gasteiger partial charge in [-0.2, -0.15) is 0 Å². The van der Waals surface area contributed by atoms with Crippen LogP contribution in [0.3, 0.4) is 0 Å². The quantitative estimate of drug-likeness (QED) is 0.339. The van der Waals surface area contributed by atoms with Gasteiger partial charge in [-0.05, 0) is 41.3 Å². The van der Waals surface area contributed by atoms with Crippen molar-refractivity contribution in [2.24, 2.45) is 0 Å². The third-order valence-electron chi connectivity index (χ3n) is 6.60. The second-order valence-electron chi connectivity index (χ2n) is 8.63. The molecule has 1 aliphatic heterocycles. The van der Waals surface area contributed by atoms with E-state index >= 15 is 0 Å². The van der Waals surface area contributed by atoms with Crippen LogP contribution in [0.15, 0.2) is 84.6 Å². The van der Waals surface area contributed by atoms with Crippen molar-refractivity contribution in [3.05, 3.63) is 89.5 Å². The maximum Gasteiger partial charge on any atom is 0.264 e. The average molecular weight is 496 g/mol. The molecule has 0 bridgehead atoms. The Kier molecular flexibility index (Phi) is 5.87. The van der Waals surface area contributed by atoms with Crippen LogP contribution in [0, 0.1) is 0 Å². The van der Waals surface area contributed by atoms with Gasteiger partial charge in [0.1, 0.15) is 17.9 Å². The van der Waals surface area contributed by atoms with E-state index in [-0.39, 0.29) is 5.91 Å². The second kappa shape index (κ2) is 9.47. The summed E-state index contributed by atoms with van der Waals surface area (Å²) in [5, 5.41) is 2.96. The average Bonchev–Trinajstić information content (AvgIpc) is 3.62. The SMILES string of the molecule is COc1ccc(-n2cc(-c3ccccc3)c3c(N4CCN(C(=O)c5cccs5)CC4)ncnc32)cc1. The molecule has 3 aromatic heterocycles. The maximum absolute atomic E-state index is 12.8. The van der Waals surface area contributed by atoms with Crippen molar-refractivity contribution in [2.45, 2.75) is 0 Å². The summed E-state index contributed by atoms with van der Waals surface area (Å²) in [6.07, 6.45) is 3.77. The van der Waals surface area contributed by atoms with Crippen molar-refractivity contribution in [2.75, 3.05) is 38.2 Å². The molecule has 1 saturated heterocycles. The largest absolute Gasteiger partial charge is 0.497 e. The molecule has 0 spiro atoms. The van der Waals surface area contributed by atoms with E-state index in [4.69, 9.17) is 14.7 Å². The Labute approximate surface area is 213 Å². The number of fused-ring (bicyclic) bond motifs is 1. The number of piperazine rings is 1. The highest BCUT2D eigenvalue weighted by Gasteiger charge is 2.26. The first-order valence-electron chi connectivity index (χ1n) is 11.9. The van der Waals surface area contributed by atoms with Crippen molar-refractivity contribution in [1.82, 2.24) is 19.4 Å². The van der Waals surface area contributed by atoms with Crippen LogP contribution in [0.4, 0.5) is 5.82 Å². The standard InChI is InChI=1S/C28H25N5O2S/c1-35-22-11-9-21(10-12-22)33-18-23(20-6-3-2-4-7-20)25-26(29-19-30-27(25)33)31-13-15-32(16-14-31)28(34)24-8-5-17-36-24/h2-12,17-19H,13-16H2,1H3. The number of benzene rings is 2. The van der Waals surface area contributed by atoms with E-state index in [9.17, 15) is 4.79 Å². The molecule has 0 aliphatic carbocycles. The molecule has 5 aromatic rings. The van der Waals surface area contributed by atoms with Crippen molar-refractivity contribution < 1.29 is 9.53 Å². The zero-order valence-corrected chi connectivity index (χ0v) is 20.7. The minimum absolute atomic E-state index is 0.105. The lowest BCUT2D eigenvalue weighted by Gasteiger charge is -2.35. The van der Waals surface area contributed by atoms with Gasteiger partial charge >= 0.3 is 0 Å². The van der Waals surface area contributed by atoms with Gasteiger partial charge in [-0.15, -0.1) is 11.3 Å². The highest BCUT2D eigenvalue weighted by Crippen LogP contribution is 2.37. The normalized spacial score (nSPS) is 13.8. The molecule has 7 nitrogen and oxygen atoms in total. The van der Waals surface area contributed by atoms with Crippen LogP contribution < -0.4 is 9.64 Å². The molecule has 0 radical (unpaired) electrons. The lowest BCUT2D eigenvalue weighted by Crippen LogP contribution is -2.49. The number of anilines is 1. The number of methoxy groups -OCH3 is 1. The Morgan fingerprint density at radius 3 is 2.39 bits per heavy atom. The molecule has 36 heavy (non-hydrogen) atoms. The molecule has 0 atom stereocenters. The molecule has 6 rings (SSSR count). The van der Waals surface area contributed by atoms with Crippen LogP contribution in [0.2, 0.25) is 0 Å². The van der Waals surface area contributed by atoms with Crippen LogP contribution in [-0.4, -0.2) is 58.6 Å². The van der Waals surface area contributed by atoms with Crippen molar-refractivity contribution in [1.29, 1.82) is 0 Å². The van der Waals surface area contributed by atoms with Crippen molar-refractivity contribution in [3.63, 3.8) is 0 Å². The number of aromatic nitrogens is 3. The van der Waals surface area contributed by atoms with E-state index < -0.39 is 0 Å². The highest BCUT2D eigenvalue weighted by molar-refractivity contribution is 7.12. The molecule has 4 heterocycles. The summed E-state index contributed by atoms with van der Waals surface area (Å²) in [7, 11) is 1.67. The van der Waals surface area contributed by atoms with E-state index in [2.05, 4.69) is 27.8 Å². The zero-order chi connectivity index (χ0) is 24.5. The van der Waals surface area contributed by atoms with Gasteiger partial charge in [-0.1, -0.05) is 36.4 Å². The number of nitrogens with zero attached hydrogens (tertiary/aromatic N) is 5. The molecule has 180 valence electrons. The van der Waals surface area contributed by atoms with Crippen LogP contribution in [0.5, 0.6) is 5.75 Å². The predicted molar refractivity (Wildman–Crippen MR) is 143 cm³/mol. The summed E-state index contributed by atoms with van der Waals surface area (Å²) in [5.74, 6) is 1.81. The molecule has 0 N–H and O–H groups in total. The number of hydrogen-bond donors (Lipinski definition) is 0. The Morgan fingerprint density at radius 2 is 1.69 bits per heavy atom. The number of ether oxygens (including phenoxy) is 1. The van der Waals surface area contributed by atoms with E-state index in [1.807, 2.05) is 64.9 Å². The number of thiophene rings is 1. The van der Waals surface area contributed by atoms with E-state index in [0.29, 0.717) is 26.2 Å². The monoisotopic (exact) mass is 495 g/mol. The first-order valence-corrected chi connectivity index (χ1v) is 12.7. The van der Waals surface area contributed by atoms with Gasteiger partial charge in [-0.3, -0.25) is 4.79 Å². The van der Waals surface area contributed by atoms with E-state index in [1.54, 1.807) is 13.4 Å². The number of carbonyl (C=O) groups excluding carboxylic acids is 1. The van der Waals surface area contributed by atoms with Gasteiger partial charge in [0.05, 0.1) is 17.4 Å². The lowest BCUT2D eigenvalue weighted by molar-refractivity contribution is 0.0751. The van der Waals surface area contributed by atoms with Crippen LogP contribution in [-0.2, 0) is 0 Å². The van der Waals surface area contributed by atoms with Gasteiger partial charge in [-0.25, -0.2) is 9.97 Å². The third kappa shape index (κ3) is 3.99. The zero-order valence-electron chi connectivity index (χ0n) is 19.9. The molecule has 2 aromatic carbocycles. The van der Waals surface area contributed by atoms with Crippen molar-refractivity contribution in [3.8, 4) is 22.6 Å². The van der Waals surface area contributed by atoms with Gasteiger partial charge in [0.15, 0.2) is 5.65 Å². The summed E-state index contributed by atoms with van der Waals surface area (Å²) in [4.78, 5) is 27.3. The summed E-state index contributed by atoms with van der Waals surface area (Å²) < 4.78 is 7.46. The van der Waals surface area contributed by atoms with Crippen LogP contribution >= 0.6 is 11.3 Å². The summed E-state index contributed by atoms with van der Waals surface area (Å²) in [6, 6.07) is 22.1. The Bertz CT molecular complexity index is 1490. The summed E-state index contributed by atoms with van der Waals surface area (Å²) in [5.41, 5.74) is 4.03. The van der Waals surface area contributed by atoms with Crippen LogP contribution in [0.1, 0.15) is 9.67 Å². The number of carbonyl (C=O) groups is 1.